The number of carboxylic acids is 1. The quantitative estimate of drug-likeness (QED) is 0.825. The first-order valence-electron chi connectivity index (χ1n) is 7.89. The first-order valence-corrected chi connectivity index (χ1v) is 8.71. The smallest absolute Gasteiger partial charge is 0.319 e. The van der Waals surface area contributed by atoms with Crippen molar-refractivity contribution in [3.63, 3.8) is 0 Å². The third-order valence-corrected chi connectivity index (χ3v) is 6.03. The Balaban J connectivity index is 1.56. The Morgan fingerprint density at radius 1 is 1.29 bits per heavy atom. The molecule has 2 heterocycles. The molecule has 124 valence electrons. The second kappa shape index (κ2) is 5.62. The molecule has 2 bridgehead atoms. The van der Waals surface area contributed by atoms with E-state index >= 15 is 0 Å². The number of amides is 1. The van der Waals surface area contributed by atoms with Gasteiger partial charge >= 0.3 is 5.97 Å². The van der Waals surface area contributed by atoms with Gasteiger partial charge in [0.1, 0.15) is 11.1 Å². The molecule has 0 aliphatic heterocycles. The fraction of sp³-hybridized carbons (Fsp3) is 0.438. The summed E-state index contributed by atoms with van der Waals surface area (Å²) >= 11 is 1.19. The molecule has 7 nitrogen and oxygen atoms in total. The molecule has 4 rings (SSSR count). The minimum absolute atomic E-state index is 0.0804. The second-order valence-electron chi connectivity index (χ2n) is 6.44. The summed E-state index contributed by atoms with van der Waals surface area (Å²) in [4.78, 5) is 28.8. The summed E-state index contributed by atoms with van der Waals surface area (Å²) in [7, 11) is 0. The van der Waals surface area contributed by atoms with Gasteiger partial charge in [-0.05, 0) is 43.2 Å². The van der Waals surface area contributed by atoms with E-state index in [1.807, 2.05) is 6.07 Å². The van der Waals surface area contributed by atoms with E-state index in [-0.39, 0.29) is 5.92 Å². The van der Waals surface area contributed by atoms with Crippen LogP contribution < -0.4 is 5.32 Å². The van der Waals surface area contributed by atoms with Crippen molar-refractivity contribution in [2.75, 3.05) is 5.32 Å². The molecule has 0 saturated heterocycles. The fourth-order valence-corrected chi connectivity index (χ4v) is 4.76. The van der Waals surface area contributed by atoms with Gasteiger partial charge in [-0.25, -0.2) is 0 Å². The molecule has 0 radical (unpaired) electrons. The highest BCUT2D eigenvalue weighted by atomic mass is 32.1. The van der Waals surface area contributed by atoms with E-state index in [1.54, 1.807) is 18.3 Å². The Morgan fingerprint density at radius 3 is 2.79 bits per heavy atom. The molecular weight excluding hydrogens is 328 g/mol. The molecule has 24 heavy (non-hydrogen) atoms. The van der Waals surface area contributed by atoms with Gasteiger partial charge in [0.2, 0.25) is 11.0 Å². The minimum atomic E-state index is -1.32. The van der Waals surface area contributed by atoms with Gasteiger partial charge < -0.3 is 5.11 Å². The van der Waals surface area contributed by atoms with Gasteiger partial charge in [0.15, 0.2) is 5.01 Å². The first kappa shape index (κ1) is 15.2. The molecule has 0 aromatic carbocycles. The van der Waals surface area contributed by atoms with Gasteiger partial charge in [-0.3, -0.25) is 19.9 Å². The van der Waals surface area contributed by atoms with Crippen molar-refractivity contribution >= 4 is 28.3 Å². The Kier molecular flexibility index (Phi) is 3.56. The summed E-state index contributed by atoms with van der Waals surface area (Å²) in [6.45, 7) is 0. The van der Waals surface area contributed by atoms with Crippen molar-refractivity contribution in [2.45, 2.75) is 25.7 Å². The van der Waals surface area contributed by atoms with Crippen LogP contribution in [0.1, 0.15) is 25.7 Å². The normalized spacial score (nSPS) is 28.0. The van der Waals surface area contributed by atoms with Crippen LogP contribution in [-0.4, -0.2) is 32.2 Å². The predicted molar refractivity (Wildman–Crippen MR) is 87.3 cm³/mol. The predicted octanol–water partition coefficient (Wildman–Crippen LogP) is 2.43. The van der Waals surface area contributed by atoms with Crippen LogP contribution >= 0.6 is 11.3 Å². The van der Waals surface area contributed by atoms with Crippen molar-refractivity contribution in [1.82, 2.24) is 15.2 Å². The van der Waals surface area contributed by atoms with Crippen LogP contribution in [0.5, 0.6) is 0 Å². The number of carbonyl (C=O) groups is 2. The van der Waals surface area contributed by atoms with Crippen LogP contribution in [0.4, 0.5) is 5.13 Å². The number of rotatable bonds is 4. The van der Waals surface area contributed by atoms with Gasteiger partial charge in [-0.1, -0.05) is 23.8 Å². The minimum Gasteiger partial charge on any atom is -0.480 e. The SMILES string of the molecule is O=C(O)C1(C(=O)Nc2nnc(-c3ccccn3)s2)CC2CCC1C2. The maximum atomic E-state index is 12.7. The fourth-order valence-electron chi connectivity index (χ4n) is 4.04. The molecule has 2 aliphatic rings. The molecule has 2 aromatic rings. The Morgan fingerprint density at radius 2 is 2.17 bits per heavy atom. The average molecular weight is 344 g/mol. The first-order chi connectivity index (χ1) is 11.6. The Hall–Kier alpha value is -2.35. The van der Waals surface area contributed by atoms with Crippen LogP contribution in [-0.2, 0) is 9.59 Å². The van der Waals surface area contributed by atoms with Gasteiger partial charge in [-0.2, -0.15) is 0 Å². The molecule has 1 amide bonds. The standard InChI is InChI=1S/C16H16N4O3S/c21-13(16(14(22)23)8-9-4-5-10(16)7-9)18-15-20-19-12(24-15)11-3-1-2-6-17-11/h1-3,6,9-10H,4-5,7-8H2,(H,22,23)(H,18,20,21). The van der Waals surface area contributed by atoms with E-state index in [0.717, 1.165) is 19.3 Å². The van der Waals surface area contributed by atoms with E-state index in [1.165, 1.54) is 11.3 Å². The van der Waals surface area contributed by atoms with E-state index in [4.69, 9.17) is 0 Å². The molecule has 2 aliphatic carbocycles. The summed E-state index contributed by atoms with van der Waals surface area (Å²) in [5.41, 5.74) is -0.650. The summed E-state index contributed by atoms with van der Waals surface area (Å²) in [6, 6.07) is 5.45. The lowest BCUT2D eigenvalue weighted by molar-refractivity contribution is -0.157. The van der Waals surface area contributed by atoms with E-state index in [0.29, 0.717) is 28.2 Å². The van der Waals surface area contributed by atoms with Gasteiger partial charge in [0, 0.05) is 6.20 Å². The summed E-state index contributed by atoms with van der Waals surface area (Å²) in [6.07, 6.45) is 4.73. The molecule has 0 spiro atoms. The lowest BCUT2D eigenvalue weighted by atomic mass is 9.72. The highest BCUT2D eigenvalue weighted by Gasteiger charge is 2.60. The summed E-state index contributed by atoms with van der Waals surface area (Å²) in [5, 5.41) is 21.3. The van der Waals surface area contributed by atoms with Crippen molar-refractivity contribution in [3.8, 4) is 10.7 Å². The maximum absolute atomic E-state index is 12.7. The number of carbonyl (C=O) groups excluding carboxylic acids is 1. The molecule has 2 N–H and O–H groups in total. The van der Waals surface area contributed by atoms with E-state index in [9.17, 15) is 14.7 Å². The van der Waals surface area contributed by atoms with Gasteiger partial charge in [0.25, 0.3) is 0 Å². The highest BCUT2D eigenvalue weighted by Crippen LogP contribution is 2.56. The summed E-state index contributed by atoms with van der Waals surface area (Å²) < 4.78 is 0. The molecule has 8 heteroatoms. The number of hydrogen-bond donors (Lipinski definition) is 2. The van der Waals surface area contributed by atoms with E-state index in [2.05, 4.69) is 20.5 Å². The Labute approximate surface area is 142 Å². The maximum Gasteiger partial charge on any atom is 0.319 e. The van der Waals surface area contributed by atoms with E-state index < -0.39 is 17.3 Å². The van der Waals surface area contributed by atoms with Crippen molar-refractivity contribution in [1.29, 1.82) is 0 Å². The largest absolute Gasteiger partial charge is 0.480 e. The zero-order chi connectivity index (χ0) is 16.7. The molecule has 2 aromatic heterocycles. The lowest BCUT2D eigenvalue weighted by Gasteiger charge is -2.31. The number of carboxylic acid groups (broad SMARTS) is 1. The number of anilines is 1. The zero-order valence-electron chi connectivity index (χ0n) is 12.8. The number of aromatic nitrogens is 3. The monoisotopic (exact) mass is 344 g/mol. The van der Waals surface area contributed by atoms with Crippen molar-refractivity contribution in [2.24, 2.45) is 17.3 Å². The Bertz CT molecular complexity index is 794. The molecular formula is C16H16N4O3S. The average Bonchev–Trinajstić information content (AvgIpc) is 3.31. The van der Waals surface area contributed by atoms with Crippen molar-refractivity contribution < 1.29 is 14.7 Å². The third kappa shape index (κ3) is 2.29. The number of pyridine rings is 1. The zero-order valence-corrected chi connectivity index (χ0v) is 13.6. The van der Waals surface area contributed by atoms with Crippen molar-refractivity contribution in [3.05, 3.63) is 24.4 Å². The number of nitrogens with zero attached hydrogens (tertiary/aromatic N) is 3. The number of aliphatic carboxylic acids is 1. The highest BCUT2D eigenvalue weighted by molar-refractivity contribution is 7.18. The lowest BCUT2D eigenvalue weighted by Crippen LogP contribution is -2.47. The molecule has 2 saturated carbocycles. The summed E-state index contributed by atoms with van der Waals surface area (Å²) in [5.74, 6) is -1.23. The number of fused-ring (bicyclic) bond motifs is 2. The van der Waals surface area contributed by atoms with Gasteiger partial charge in [0.05, 0.1) is 0 Å². The van der Waals surface area contributed by atoms with Crippen LogP contribution in [0.2, 0.25) is 0 Å². The van der Waals surface area contributed by atoms with Crippen LogP contribution in [0.15, 0.2) is 24.4 Å². The third-order valence-electron chi connectivity index (χ3n) is 5.17. The van der Waals surface area contributed by atoms with Crippen LogP contribution in [0.3, 0.4) is 0 Å². The molecule has 2 fully saturated rings. The van der Waals surface area contributed by atoms with Crippen LogP contribution in [0.25, 0.3) is 10.7 Å². The van der Waals surface area contributed by atoms with Gasteiger partial charge in [-0.15, -0.1) is 10.2 Å². The molecule has 3 atom stereocenters. The number of nitrogens with one attached hydrogen (secondary N) is 1. The number of hydrogen-bond acceptors (Lipinski definition) is 6. The van der Waals surface area contributed by atoms with Crippen LogP contribution in [0, 0.1) is 17.3 Å². The molecule has 3 unspecified atom stereocenters. The topological polar surface area (TPSA) is 105 Å². The second-order valence-corrected chi connectivity index (χ2v) is 7.42.